The molecule has 0 fully saturated rings. The van der Waals surface area contributed by atoms with E-state index in [0.717, 1.165) is 10.5 Å². The fourth-order valence-corrected chi connectivity index (χ4v) is 3.32. The third-order valence-electron chi connectivity index (χ3n) is 4.06. The van der Waals surface area contributed by atoms with Gasteiger partial charge < -0.3 is 19.4 Å². The average molecular weight is 410 g/mol. The Balaban J connectivity index is 1.56. The van der Waals surface area contributed by atoms with Gasteiger partial charge in [-0.3, -0.25) is 9.59 Å². The van der Waals surface area contributed by atoms with Gasteiger partial charge in [0.2, 0.25) is 0 Å². The van der Waals surface area contributed by atoms with Gasteiger partial charge in [0.05, 0.1) is 6.26 Å². The molecule has 0 saturated heterocycles. The van der Waals surface area contributed by atoms with Crippen LogP contribution in [0.25, 0.3) is 0 Å². The van der Waals surface area contributed by atoms with Crippen LogP contribution in [0.3, 0.4) is 0 Å². The quantitative estimate of drug-likeness (QED) is 0.561. The predicted octanol–water partition coefficient (Wildman–Crippen LogP) is 4.29. The second-order valence-corrected chi connectivity index (χ2v) is 7.48. The van der Waals surface area contributed by atoms with Crippen molar-refractivity contribution in [3.05, 3.63) is 78.3 Å². The second kappa shape index (κ2) is 9.84. The van der Waals surface area contributed by atoms with Gasteiger partial charge in [0.25, 0.3) is 11.8 Å². The number of nitrogens with one attached hydrogen (secondary N) is 1. The molecule has 150 valence electrons. The van der Waals surface area contributed by atoms with E-state index in [1.807, 2.05) is 36.4 Å². The van der Waals surface area contributed by atoms with Crippen LogP contribution in [0.1, 0.15) is 16.1 Å². The highest BCUT2D eigenvalue weighted by atomic mass is 32.2. The first-order valence-electron chi connectivity index (χ1n) is 9.01. The van der Waals surface area contributed by atoms with Gasteiger partial charge in [-0.15, -0.1) is 11.8 Å². The van der Waals surface area contributed by atoms with E-state index in [9.17, 15) is 9.59 Å². The number of carbonyl (C=O) groups excluding carboxylic acids is 2. The third kappa shape index (κ3) is 5.89. The number of anilines is 1. The van der Waals surface area contributed by atoms with E-state index in [1.165, 1.54) is 11.2 Å². The molecule has 0 aliphatic heterocycles. The molecule has 3 aromatic rings. The maximum atomic E-state index is 12.6. The number of furan rings is 1. The van der Waals surface area contributed by atoms with E-state index in [-0.39, 0.29) is 18.4 Å². The molecule has 3 rings (SSSR count). The van der Waals surface area contributed by atoms with E-state index in [4.69, 9.17) is 9.15 Å². The number of benzene rings is 2. The van der Waals surface area contributed by atoms with Crippen LogP contribution in [0.15, 0.2) is 76.2 Å². The van der Waals surface area contributed by atoms with Gasteiger partial charge in [-0.1, -0.05) is 18.2 Å². The van der Waals surface area contributed by atoms with Crippen molar-refractivity contribution in [1.29, 1.82) is 0 Å². The summed E-state index contributed by atoms with van der Waals surface area (Å²) in [6, 6.07) is 18.6. The number of ether oxygens (including phenoxy) is 1. The van der Waals surface area contributed by atoms with Crippen molar-refractivity contribution >= 4 is 29.3 Å². The van der Waals surface area contributed by atoms with Crippen molar-refractivity contribution in [3.8, 4) is 5.75 Å². The van der Waals surface area contributed by atoms with Crippen LogP contribution in [-0.2, 0) is 10.5 Å². The highest BCUT2D eigenvalue weighted by Gasteiger charge is 2.16. The van der Waals surface area contributed by atoms with Crippen molar-refractivity contribution in [3.63, 3.8) is 0 Å². The third-order valence-corrected chi connectivity index (χ3v) is 5.12. The van der Waals surface area contributed by atoms with Gasteiger partial charge in [0.1, 0.15) is 5.75 Å². The van der Waals surface area contributed by atoms with Gasteiger partial charge in [-0.2, -0.15) is 0 Å². The molecule has 0 aliphatic rings. The maximum Gasteiger partial charge on any atom is 0.291 e. The molecule has 0 unspecified atom stereocenters. The van der Waals surface area contributed by atoms with Crippen LogP contribution in [0.4, 0.5) is 5.69 Å². The summed E-state index contributed by atoms with van der Waals surface area (Å²) in [6.45, 7) is -0.0342. The Bertz CT molecular complexity index is 952. The normalized spacial score (nSPS) is 10.4. The molecule has 0 bridgehead atoms. The minimum absolute atomic E-state index is 0.0342. The molecule has 0 spiro atoms. The number of hydrogen-bond acceptors (Lipinski definition) is 5. The molecule has 1 heterocycles. The molecule has 1 aromatic heterocycles. The van der Waals surface area contributed by atoms with Crippen molar-refractivity contribution in [2.45, 2.75) is 10.6 Å². The summed E-state index contributed by atoms with van der Waals surface area (Å²) in [6.07, 6.45) is 1.52. The number of nitrogens with zero attached hydrogens (tertiary/aromatic N) is 1. The van der Waals surface area contributed by atoms with E-state index < -0.39 is 0 Å². The number of thioether (sulfide) groups is 1. The lowest BCUT2D eigenvalue weighted by atomic mass is 10.2. The van der Waals surface area contributed by atoms with Crippen molar-refractivity contribution in [1.82, 2.24) is 4.90 Å². The lowest BCUT2D eigenvalue weighted by Crippen LogP contribution is -2.27. The zero-order chi connectivity index (χ0) is 20.6. The lowest BCUT2D eigenvalue weighted by molar-refractivity contribution is -0.130. The Kier molecular flexibility index (Phi) is 6.97. The van der Waals surface area contributed by atoms with Crippen LogP contribution in [0.2, 0.25) is 0 Å². The summed E-state index contributed by atoms with van der Waals surface area (Å²) >= 11 is 1.64. The van der Waals surface area contributed by atoms with Crippen molar-refractivity contribution in [2.24, 2.45) is 0 Å². The second-order valence-electron chi connectivity index (χ2n) is 6.43. The molecule has 0 atom stereocenters. The molecular weight excluding hydrogens is 388 g/mol. The Morgan fingerprint density at radius 1 is 1.03 bits per heavy atom. The first kappa shape index (κ1) is 20.5. The fraction of sp³-hybridized carbons (Fsp3) is 0.182. The Labute approximate surface area is 173 Å². The number of amides is 2. The maximum absolute atomic E-state index is 12.6. The molecule has 0 radical (unpaired) electrons. The zero-order valence-corrected chi connectivity index (χ0v) is 17.1. The molecular formula is C22H22N2O4S. The number of hydrogen-bond donors (Lipinski definition) is 1. The van der Waals surface area contributed by atoms with Crippen LogP contribution < -0.4 is 10.1 Å². The Morgan fingerprint density at radius 2 is 1.76 bits per heavy atom. The molecule has 7 heteroatoms. The smallest absolute Gasteiger partial charge is 0.291 e. The van der Waals surface area contributed by atoms with Gasteiger partial charge in [-0.25, -0.2) is 0 Å². The molecule has 6 nitrogen and oxygen atoms in total. The number of likely N-dealkylation sites (N-methyl/N-ethyl adjacent to an activating group) is 1. The van der Waals surface area contributed by atoms with Crippen LogP contribution >= 0.6 is 11.8 Å². The lowest BCUT2D eigenvalue weighted by Gasteiger charge is -2.11. The van der Waals surface area contributed by atoms with E-state index >= 15 is 0 Å². The standard InChI is InChI=1S/C22H22N2O4S/c1-24(2)20(25)14-28-18-10-8-17(9-11-18)23-22(26)21-16(12-13-27-21)15-29-19-6-4-3-5-7-19/h3-13H,14-15H2,1-2H3,(H,23,26). The highest BCUT2D eigenvalue weighted by molar-refractivity contribution is 7.98. The largest absolute Gasteiger partial charge is 0.484 e. The number of carbonyl (C=O) groups is 2. The fourth-order valence-electron chi connectivity index (χ4n) is 2.42. The average Bonchev–Trinajstić information content (AvgIpc) is 3.21. The monoisotopic (exact) mass is 410 g/mol. The summed E-state index contributed by atoms with van der Waals surface area (Å²) in [7, 11) is 3.34. The molecule has 0 saturated carbocycles. The van der Waals surface area contributed by atoms with Crippen LogP contribution in [0.5, 0.6) is 5.75 Å². The first-order valence-corrected chi connectivity index (χ1v) is 10.00. The summed E-state index contributed by atoms with van der Waals surface area (Å²) in [5, 5.41) is 2.82. The van der Waals surface area contributed by atoms with Gasteiger partial charge in [0.15, 0.2) is 12.4 Å². The molecule has 2 amide bonds. The van der Waals surface area contributed by atoms with Crippen LogP contribution in [0, 0.1) is 0 Å². The topological polar surface area (TPSA) is 71.8 Å². The van der Waals surface area contributed by atoms with Gasteiger partial charge in [-0.05, 0) is 42.5 Å². The van der Waals surface area contributed by atoms with E-state index in [1.54, 1.807) is 50.1 Å². The van der Waals surface area contributed by atoms with Crippen LogP contribution in [-0.4, -0.2) is 37.4 Å². The predicted molar refractivity (Wildman–Crippen MR) is 113 cm³/mol. The van der Waals surface area contributed by atoms with Gasteiger partial charge in [0, 0.05) is 36.0 Å². The minimum Gasteiger partial charge on any atom is -0.484 e. The number of rotatable bonds is 8. The van der Waals surface area contributed by atoms with E-state index in [0.29, 0.717) is 22.9 Å². The summed E-state index contributed by atoms with van der Waals surface area (Å²) in [4.78, 5) is 26.7. The minimum atomic E-state index is -0.310. The Hall–Kier alpha value is -3.19. The van der Waals surface area contributed by atoms with Crippen molar-refractivity contribution < 1.29 is 18.7 Å². The zero-order valence-electron chi connectivity index (χ0n) is 16.3. The summed E-state index contributed by atoms with van der Waals surface area (Å²) < 4.78 is 10.8. The van der Waals surface area contributed by atoms with Gasteiger partial charge >= 0.3 is 0 Å². The van der Waals surface area contributed by atoms with Crippen molar-refractivity contribution in [2.75, 3.05) is 26.0 Å². The summed E-state index contributed by atoms with van der Waals surface area (Å²) in [5.74, 6) is 1.05. The van der Waals surface area contributed by atoms with E-state index in [2.05, 4.69) is 5.32 Å². The Morgan fingerprint density at radius 3 is 2.45 bits per heavy atom. The molecule has 1 N–H and O–H groups in total. The molecule has 2 aromatic carbocycles. The summed E-state index contributed by atoms with van der Waals surface area (Å²) in [5.41, 5.74) is 1.44. The first-order chi connectivity index (χ1) is 14.0. The highest BCUT2D eigenvalue weighted by Crippen LogP contribution is 2.25. The SMILES string of the molecule is CN(C)C(=O)COc1ccc(NC(=O)c2occc2CSc2ccccc2)cc1. The molecule has 0 aliphatic carbocycles. The molecule has 29 heavy (non-hydrogen) atoms.